The summed E-state index contributed by atoms with van der Waals surface area (Å²) in [4.78, 5) is 3.91. The fourth-order valence-electron chi connectivity index (χ4n) is 5.58. The lowest BCUT2D eigenvalue weighted by atomic mass is 10.0. The predicted molar refractivity (Wildman–Crippen MR) is 131 cm³/mol. The minimum atomic E-state index is -2.79. The third-order valence-electron chi connectivity index (χ3n) is 7.26. The normalized spacial score (nSPS) is 25.2. The smallest absolute Gasteiger partial charge is 0.191 e. The van der Waals surface area contributed by atoms with Crippen molar-refractivity contribution in [3.05, 3.63) is 72.4 Å². The van der Waals surface area contributed by atoms with Gasteiger partial charge in [0.2, 0.25) is 0 Å². The van der Waals surface area contributed by atoms with Crippen LogP contribution in [0.5, 0.6) is 0 Å². The maximum Gasteiger partial charge on any atom is 0.191 e. The molecule has 1 aliphatic carbocycles. The van der Waals surface area contributed by atoms with Gasteiger partial charge in [0.15, 0.2) is 7.29 Å². The summed E-state index contributed by atoms with van der Waals surface area (Å²) in [6.45, 7) is 7.06. The number of hydrogen-bond donors (Lipinski definition) is 1. The monoisotopic (exact) mass is 452 g/mol. The molecule has 170 valence electrons. The summed E-state index contributed by atoms with van der Waals surface area (Å²) >= 11 is 0. The van der Waals surface area contributed by atoms with E-state index < -0.39 is 7.29 Å². The first-order valence-electron chi connectivity index (χ1n) is 12.1. The van der Waals surface area contributed by atoms with E-state index >= 15 is 4.57 Å². The Hall–Kier alpha value is -1.91. The topological polar surface area (TPSA) is 37.2 Å². The first-order valence-corrected chi connectivity index (χ1v) is 13.8. The van der Waals surface area contributed by atoms with Crippen molar-refractivity contribution < 1.29 is 14.2 Å². The minimum Gasteiger partial charge on any atom is -0.370 e. The second-order valence-electron chi connectivity index (χ2n) is 9.06. The molecule has 2 aromatic rings. The third-order valence-corrected chi connectivity index (χ3v) is 10.9. The van der Waals surface area contributed by atoms with E-state index in [1.807, 2.05) is 6.07 Å². The molecule has 32 heavy (non-hydrogen) atoms. The molecule has 3 aliphatic rings. The lowest BCUT2D eigenvalue weighted by Crippen LogP contribution is -3.13. The van der Waals surface area contributed by atoms with E-state index in [2.05, 4.69) is 70.2 Å². The van der Waals surface area contributed by atoms with Gasteiger partial charge in [-0.25, -0.2) is 4.67 Å². The van der Waals surface area contributed by atoms with Gasteiger partial charge in [-0.3, -0.25) is 0 Å². The van der Waals surface area contributed by atoms with Gasteiger partial charge in [-0.2, -0.15) is 0 Å². The average Bonchev–Trinajstić information content (AvgIpc) is 2.90. The highest BCUT2D eigenvalue weighted by atomic mass is 31.2. The van der Waals surface area contributed by atoms with Gasteiger partial charge in [0.05, 0.1) is 13.2 Å². The maximum absolute atomic E-state index is 15.2. The first-order chi connectivity index (χ1) is 15.8. The summed E-state index contributed by atoms with van der Waals surface area (Å²) < 4.78 is 23.2. The minimum absolute atomic E-state index is 0.107. The zero-order valence-corrected chi connectivity index (χ0v) is 19.8. The quantitative estimate of drug-likeness (QED) is 0.708. The number of anilines is 1. The van der Waals surface area contributed by atoms with Crippen molar-refractivity contribution in [3.63, 3.8) is 0 Å². The number of rotatable bonds is 5. The fourth-order valence-corrected chi connectivity index (χ4v) is 9.23. The number of nitrogens with one attached hydrogen (secondary N) is 1. The number of morpholine rings is 1. The number of para-hydroxylation sites is 1. The lowest BCUT2D eigenvalue weighted by Gasteiger charge is -2.44. The second-order valence-corrected chi connectivity index (χ2v) is 12.0. The Kier molecular flexibility index (Phi) is 6.80. The highest BCUT2D eigenvalue weighted by Gasteiger charge is 2.47. The number of piperazine rings is 1. The summed E-state index contributed by atoms with van der Waals surface area (Å²) in [6.07, 6.45) is 5.65. The third kappa shape index (κ3) is 4.32. The number of hydrogen-bond acceptors (Lipinski definition) is 3. The van der Waals surface area contributed by atoms with Gasteiger partial charge in [-0.05, 0) is 37.5 Å². The van der Waals surface area contributed by atoms with Crippen molar-refractivity contribution >= 4 is 18.3 Å². The number of ether oxygens (including phenoxy) is 1. The predicted octanol–water partition coefficient (Wildman–Crippen LogP) is 2.76. The van der Waals surface area contributed by atoms with E-state index in [1.165, 1.54) is 16.3 Å². The highest BCUT2D eigenvalue weighted by molar-refractivity contribution is 7.70. The van der Waals surface area contributed by atoms with Gasteiger partial charge in [0.25, 0.3) is 0 Å². The Bertz CT molecular complexity index is 952. The average molecular weight is 453 g/mol. The van der Waals surface area contributed by atoms with Crippen LogP contribution in [0.25, 0.3) is 0 Å². The molecule has 0 unspecified atom stereocenters. The molecular formula is C26H35N3O2P+. The summed E-state index contributed by atoms with van der Waals surface area (Å²) in [7, 11) is -2.79. The molecule has 2 aromatic carbocycles. The Labute approximate surface area is 192 Å². The molecule has 2 heterocycles. The standard InChI is InChI=1S/C26H34N3O2P/c30-32(24-11-5-2-6-12-24,26-14-8-7-13-25(26)28-19-21-31-22-20-28)29-17-15-27(16-18-29)23-9-3-1-4-10-23/h1-6,9-13,26H,7-8,14-22H2/p+1/t26-,32+/m0/s1. The Morgan fingerprint density at radius 3 is 2.22 bits per heavy atom. The van der Waals surface area contributed by atoms with Crippen molar-refractivity contribution in [1.82, 2.24) is 4.67 Å². The Balaban J connectivity index is 1.45. The number of allylic oxidation sites excluding steroid dienone is 2. The van der Waals surface area contributed by atoms with E-state index in [-0.39, 0.29) is 5.66 Å². The molecule has 2 aliphatic heterocycles. The Morgan fingerprint density at radius 1 is 0.875 bits per heavy atom. The number of benzene rings is 2. The van der Waals surface area contributed by atoms with Crippen LogP contribution >= 0.6 is 7.29 Å². The highest BCUT2D eigenvalue weighted by Crippen LogP contribution is 2.57. The van der Waals surface area contributed by atoms with E-state index in [0.717, 1.165) is 77.0 Å². The molecule has 0 saturated carbocycles. The summed E-state index contributed by atoms with van der Waals surface area (Å²) in [5, 5.41) is 1.03. The molecule has 0 amide bonds. The van der Waals surface area contributed by atoms with E-state index in [9.17, 15) is 0 Å². The summed E-state index contributed by atoms with van der Waals surface area (Å²) in [6, 6.07) is 21.0. The van der Waals surface area contributed by atoms with Crippen LogP contribution in [0.15, 0.2) is 72.4 Å². The molecule has 5 rings (SSSR count). The first kappa shape index (κ1) is 21.9. The molecular weight excluding hydrogens is 417 g/mol. The van der Waals surface area contributed by atoms with Gasteiger partial charge in [-0.1, -0.05) is 48.5 Å². The van der Waals surface area contributed by atoms with Crippen molar-refractivity contribution in [2.24, 2.45) is 0 Å². The molecule has 5 nitrogen and oxygen atoms in total. The van der Waals surface area contributed by atoms with Crippen molar-refractivity contribution in [3.8, 4) is 0 Å². The van der Waals surface area contributed by atoms with Crippen molar-refractivity contribution in [2.75, 3.05) is 57.4 Å². The van der Waals surface area contributed by atoms with Crippen LogP contribution in [0.2, 0.25) is 0 Å². The SMILES string of the molecule is O=[P@](c1ccccc1)([C@H]1CCCC=C1[NH+]1CCOCC1)N1CCN(c2ccccc2)CC1. The van der Waals surface area contributed by atoms with Crippen molar-refractivity contribution in [2.45, 2.75) is 24.9 Å². The zero-order chi connectivity index (χ0) is 21.8. The molecule has 6 heteroatoms. The maximum atomic E-state index is 15.2. The van der Waals surface area contributed by atoms with Crippen LogP contribution in [0.4, 0.5) is 5.69 Å². The molecule has 2 fully saturated rings. The second kappa shape index (κ2) is 9.93. The summed E-state index contributed by atoms with van der Waals surface area (Å²) in [5.74, 6) is 0. The van der Waals surface area contributed by atoms with Gasteiger partial charge >= 0.3 is 0 Å². The summed E-state index contributed by atoms with van der Waals surface area (Å²) in [5.41, 5.74) is 2.75. The van der Waals surface area contributed by atoms with Crippen LogP contribution in [0.3, 0.4) is 0 Å². The van der Waals surface area contributed by atoms with E-state index in [1.54, 1.807) is 0 Å². The molecule has 0 aromatic heterocycles. The molecule has 0 spiro atoms. The number of quaternary nitrogens is 1. The van der Waals surface area contributed by atoms with Gasteiger partial charge < -0.3 is 19.1 Å². The van der Waals surface area contributed by atoms with Crippen LogP contribution in [-0.4, -0.2) is 62.8 Å². The zero-order valence-electron chi connectivity index (χ0n) is 18.9. The molecule has 1 N–H and O–H groups in total. The lowest BCUT2D eigenvalue weighted by molar-refractivity contribution is -0.871. The number of nitrogens with zero attached hydrogens (tertiary/aromatic N) is 2. The Morgan fingerprint density at radius 2 is 1.53 bits per heavy atom. The van der Waals surface area contributed by atoms with E-state index in [0.29, 0.717) is 0 Å². The van der Waals surface area contributed by atoms with Crippen LogP contribution in [-0.2, 0) is 9.30 Å². The molecule has 0 bridgehead atoms. The van der Waals surface area contributed by atoms with Crippen LogP contribution < -0.4 is 15.1 Å². The fraction of sp³-hybridized carbons (Fsp3) is 0.462. The van der Waals surface area contributed by atoms with Crippen LogP contribution in [0, 0.1) is 0 Å². The largest absolute Gasteiger partial charge is 0.370 e. The van der Waals surface area contributed by atoms with Crippen LogP contribution in [0.1, 0.15) is 19.3 Å². The molecule has 2 saturated heterocycles. The molecule has 0 radical (unpaired) electrons. The van der Waals surface area contributed by atoms with Crippen molar-refractivity contribution in [1.29, 1.82) is 0 Å². The molecule has 2 atom stereocenters. The van der Waals surface area contributed by atoms with E-state index in [4.69, 9.17) is 4.74 Å². The van der Waals surface area contributed by atoms with Gasteiger partial charge in [0, 0.05) is 37.2 Å². The van der Waals surface area contributed by atoms with Gasteiger partial charge in [0.1, 0.15) is 24.4 Å². The van der Waals surface area contributed by atoms with Gasteiger partial charge in [-0.15, -0.1) is 0 Å².